The first-order valence-corrected chi connectivity index (χ1v) is 11.9. The summed E-state index contributed by atoms with van der Waals surface area (Å²) in [6, 6.07) is 23.9. The molecule has 1 aliphatic heterocycles. The molecule has 1 fully saturated rings. The second kappa shape index (κ2) is 12.3. The SMILES string of the molecule is C=C(OC(=O)c1ccccc1)[C@@H]1OC([NH+]([O-])C(C)=O)[C@H](OC(=O)c2ccccc2)[C@H]1OC(=O)c1ccccc1. The summed E-state index contributed by atoms with van der Waals surface area (Å²) in [6.45, 7) is 4.78. The Hall–Kier alpha value is -4.64. The average molecular weight is 532 g/mol. The Labute approximate surface area is 223 Å². The molecule has 1 saturated heterocycles. The van der Waals surface area contributed by atoms with E-state index in [1.165, 1.54) is 36.4 Å². The molecule has 0 aromatic heterocycles. The van der Waals surface area contributed by atoms with Crippen LogP contribution < -0.4 is 5.06 Å². The summed E-state index contributed by atoms with van der Waals surface area (Å²) in [7, 11) is 0. The van der Waals surface area contributed by atoms with Crippen LogP contribution in [0.25, 0.3) is 0 Å². The van der Waals surface area contributed by atoms with E-state index >= 15 is 0 Å². The summed E-state index contributed by atoms with van der Waals surface area (Å²) in [6.07, 6.45) is -6.14. The van der Waals surface area contributed by atoms with Crippen LogP contribution in [-0.2, 0) is 23.7 Å². The van der Waals surface area contributed by atoms with Crippen molar-refractivity contribution in [3.63, 3.8) is 0 Å². The number of quaternary nitrogens is 1. The van der Waals surface area contributed by atoms with Crippen LogP contribution in [0.1, 0.15) is 38.0 Å². The van der Waals surface area contributed by atoms with E-state index in [4.69, 9.17) is 18.9 Å². The molecule has 3 aromatic carbocycles. The van der Waals surface area contributed by atoms with Crippen LogP contribution in [0.3, 0.4) is 0 Å². The van der Waals surface area contributed by atoms with Crippen LogP contribution >= 0.6 is 0 Å². The first-order chi connectivity index (χ1) is 18.8. The second-order valence-electron chi connectivity index (χ2n) is 8.59. The molecule has 0 radical (unpaired) electrons. The van der Waals surface area contributed by atoms with Gasteiger partial charge in [0.15, 0.2) is 12.2 Å². The number of ether oxygens (including phenoxy) is 4. The maximum absolute atomic E-state index is 13.0. The Morgan fingerprint density at radius 2 is 1.13 bits per heavy atom. The zero-order chi connectivity index (χ0) is 27.9. The molecular formula is C29H25NO9. The number of esters is 3. The summed E-state index contributed by atoms with van der Waals surface area (Å²) < 4.78 is 22.4. The maximum atomic E-state index is 13.0. The zero-order valence-electron chi connectivity index (χ0n) is 20.9. The molecule has 0 aliphatic carbocycles. The van der Waals surface area contributed by atoms with E-state index in [9.17, 15) is 24.4 Å². The Morgan fingerprint density at radius 1 is 0.718 bits per heavy atom. The number of benzene rings is 3. The first kappa shape index (κ1) is 27.4. The van der Waals surface area contributed by atoms with Gasteiger partial charge in [-0.3, -0.25) is 5.06 Å². The molecule has 0 spiro atoms. The molecule has 4 rings (SSSR count). The third kappa shape index (κ3) is 6.44. The van der Waals surface area contributed by atoms with Gasteiger partial charge in [0.25, 0.3) is 0 Å². The summed E-state index contributed by atoms with van der Waals surface area (Å²) >= 11 is 0. The normalized spacial score (nSPS) is 20.9. The van der Waals surface area contributed by atoms with E-state index in [-0.39, 0.29) is 22.4 Å². The number of hydroxylamine groups is 2. The quantitative estimate of drug-likeness (QED) is 0.201. The van der Waals surface area contributed by atoms with Crippen LogP contribution in [0, 0.1) is 5.21 Å². The fourth-order valence-electron chi connectivity index (χ4n) is 3.93. The monoisotopic (exact) mass is 531 g/mol. The molecule has 5 atom stereocenters. The topological polar surface area (TPSA) is 133 Å². The fraction of sp³-hybridized carbons (Fsp3) is 0.172. The number of carbonyl (C=O) groups is 4. The van der Waals surface area contributed by atoms with Gasteiger partial charge in [-0.2, -0.15) is 0 Å². The predicted octanol–water partition coefficient (Wildman–Crippen LogP) is 2.46. The summed E-state index contributed by atoms with van der Waals surface area (Å²) in [5, 5.41) is 11.8. The third-order valence-electron chi connectivity index (χ3n) is 5.88. The second-order valence-corrected chi connectivity index (χ2v) is 8.59. The Morgan fingerprint density at radius 3 is 1.56 bits per heavy atom. The van der Waals surface area contributed by atoms with Gasteiger partial charge in [0.2, 0.25) is 12.3 Å². The van der Waals surface area contributed by atoms with Gasteiger partial charge in [-0.15, -0.1) is 0 Å². The minimum Gasteiger partial charge on any atom is -0.625 e. The van der Waals surface area contributed by atoms with Crippen LogP contribution in [0.2, 0.25) is 0 Å². The van der Waals surface area contributed by atoms with Crippen LogP contribution in [0.4, 0.5) is 0 Å². The zero-order valence-corrected chi connectivity index (χ0v) is 20.9. The van der Waals surface area contributed by atoms with Crippen molar-refractivity contribution < 1.29 is 43.2 Å². The van der Waals surface area contributed by atoms with E-state index in [1.54, 1.807) is 54.6 Å². The lowest BCUT2D eigenvalue weighted by Crippen LogP contribution is -3.15. The van der Waals surface area contributed by atoms with Crippen molar-refractivity contribution in [2.45, 2.75) is 31.5 Å². The van der Waals surface area contributed by atoms with Gasteiger partial charge in [0.05, 0.1) is 23.6 Å². The first-order valence-electron chi connectivity index (χ1n) is 11.9. The largest absolute Gasteiger partial charge is 0.625 e. The van der Waals surface area contributed by atoms with Crippen molar-refractivity contribution in [2.75, 3.05) is 0 Å². The molecule has 1 N–H and O–H groups in total. The Bertz CT molecular complexity index is 1340. The number of hydrogen-bond acceptors (Lipinski definition) is 9. The highest BCUT2D eigenvalue weighted by atomic mass is 16.7. The van der Waals surface area contributed by atoms with Gasteiger partial charge in [-0.1, -0.05) is 61.2 Å². The molecule has 0 bridgehead atoms. The maximum Gasteiger partial charge on any atom is 0.343 e. The molecule has 1 amide bonds. The average Bonchev–Trinajstić information content (AvgIpc) is 3.31. The molecule has 39 heavy (non-hydrogen) atoms. The number of rotatable bonds is 8. The minimum absolute atomic E-state index is 0.150. The van der Waals surface area contributed by atoms with E-state index in [0.717, 1.165) is 6.92 Å². The summed E-state index contributed by atoms with van der Waals surface area (Å²) in [4.78, 5) is 50.7. The van der Waals surface area contributed by atoms with Crippen LogP contribution in [0.15, 0.2) is 103 Å². The van der Waals surface area contributed by atoms with E-state index in [0.29, 0.717) is 0 Å². The van der Waals surface area contributed by atoms with Crippen molar-refractivity contribution in [2.24, 2.45) is 0 Å². The van der Waals surface area contributed by atoms with E-state index < -0.39 is 53.4 Å². The van der Waals surface area contributed by atoms with Gasteiger partial charge in [0, 0.05) is 0 Å². The number of nitrogens with one attached hydrogen (secondary N) is 1. The standard InChI is InChI=1S/C29H25NO9/c1-18(36-27(32)20-12-6-3-7-13-20)23-24(38-28(33)21-14-8-4-9-15-21)25(26(37-23)30(35)19(2)31)39-29(34)22-16-10-5-11-17-22/h3-17,23-26,30H,1H2,2H3/t23-,24-,25+,26?/m0/s1. The summed E-state index contributed by atoms with van der Waals surface area (Å²) in [5.41, 5.74) is 0.521. The lowest BCUT2D eigenvalue weighted by molar-refractivity contribution is -0.826. The van der Waals surface area contributed by atoms with E-state index in [2.05, 4.69) is 6.58 Å². The Kier molecular flexibility index (Phi) is 8.62. The van der Waals surface area contributed by atoms with Gasteiger partial charge in [-0.05, 0) is 36.4 Å². The molecule has 0 saturated carbocycles. The van der Waals surface area contributed by atoms with Crippen molar-refractivity contribution in [1.29, 1.82) is 0 Å². The highest BCUT2D eigenvalue weighted by Crippen LogP contribution is 2.31. The van der Waals surface area contributed by atoms with Gasteiger partial charge < -0.3 is 24.2 Å². The van der Waals surface area contributed by atoms with Gasteiger partial charge in [0.1, 0.15) is 5.76 Å². The number of amides is 1. The summed E-state index contributed by atoms with van der Waals surface area (Å²) in [5.74, 6) is -3.64. The number of hydrogen-bond donors (Lipinski definition) is 1. The molecule has 10 nitrogen and oxygen atoms in total. The van der Waals surface area contributed by atoms with Crippen molar-refractivity contribution in [3.05, 3.63) is 125 Å². The van der Waals surface area contributed by atoms with Crippen LogP contribution in [0.5, 0.6) is 0 Å². The third-order valence-corrected chi connectivity index (χ3v) is 5.88. The van der Waals surface area contributed by atoms with Crippen molar-refractivity contribution in [1.82, 2.24) is 0 Å². The highest BCUT2D eigenvalue weighted by Gasteiger charge is 2.56. The lowest BCUT2D eigenvalue weighted by Gasteiger charge is -2.29. The molecule has 2 unspecified atom stereocenters. The molecule has 3 aromatic rings. The van der Waals surface area contributed by atoms with Crippen LogP contribution in [-0.4, -0.2) is 48.4 Å². The van der Waals surface area contributed by atoms with Crippen molar-refractivity contribution in [3.8, 4) is 0 Å². The van der Waals surface area contributed by atoms with E-state index in [1.807, 2.05) is 0 Å². The molecule has 1 aliphatic rings. The molecular weight excluding hydrogens is 506 g/mol. The minimum atomic E-state index is -1.65. The lowest BCUT2D eigenvalue weighted by atomic mass is 10.1. The molecule has 1 heterocycles. The Balaban J connectivity index is 1.67. The predicted molar refractivity (Wildman–Crippen MR) is 136 cm³/mol. The smallest absolute Gasteiger partial charge is 0.343 e. The molecule has 10 heteroatoms. The highest BCUT2D eigenvalue weighted by molar-refractivity contribution is 5.91. The fourth-order valence-corrected chi connectivity index (χ4v) is 3.93. The number of carbonyl (C=O) groups excluding carboxylic acids is 4. The van der Waals surface area contributed by atoms with Crippen molar-refractivity contribution >= 4 is 23.8 Å². The molecule has 200 valence electrons. The van der Waals surface area contributed by atoms with Gasteiger partial charge >= 0.3 is 23.8 Å². The van der Waals surface area contributed by atoms with Gasteiger partial charge in [-0.25, -0.2) is 19.2 Å².